The summed E-state index contributed by atoms with van der Waals surface area (Å²) in [5, 5.41) is 23.9. The van der Waals surface area contributed by atoms with Crippen molar-refractivity contribution >= 4 is 33.3 Å². The van der Waals surface area contributed by atoms with Gasteiger partial charge in [0.05, 0.1) is 27.6 Å². The Morgan fingerprint density at radius 1 is 1.24 bits per heavy atom. The fraction of sp³-hybridized carbons (Fsp3) is 0.0952. The first-order valence-electron chi connectivity index (χ1n) is 9.02. The number of imidazole rings is 2. The zero-order chi connectivity index (χ0) is 20.1. The van der Waals surface area contributed by atoms with Gasteiger partial charge in [-0.25, -0.2) is 9.78 Å². The number of aromatic nitrogens is 4. The van der Waals surface area contributed by atoms with Crippen LogP contribution in [0.1, 0.15) is 19.0 Å². The molecule has 0 aliphatic carbocycles. The van der Waals surface area contributed by atoms with Crippen molar-refractivity contribution in [2.24, 2.45) is 0 Å². The monoisotopic (exact) mass is 384 g/mol. The number of hydrogen-bond acceptors (Lipinski definition) is 5. The number of aliphatic hydroxyl groups excluding tert-OH is 1. The van der Waals surface area contributed by atoms with E-state index in [4.69, 9.17) is 0 Å². The normalized spacial score (nSPS) is 17.7. The third-order valence-electron chi connectivity index (χ3n) is 5.17. The van der Waals surface area contributed by atoms with Crippen molar-refractivity contribution in [3.05, 3.63) is 76.1 Å². The van der Waals surface area contributed by atoms with Crippen LogP contribution in [0.3, 0.4) is 0 Å². The van der Waals surface area contributed by atoms with Gasteiger partial charge >= 0.3 is 5.69 Å². The van der Waals surface area contributed by atoms with Gasteiger partial charge in [0.15, 0.2) is 12.1 Å². The number of aliphatic hydroxyl groups is 1. The summed E-state index contributed by atoms with van der Waals surface area (Å²) >= 11 is 0. The number of fused-ring (bicyclic) bond motifs is 4. The van der Waals surface area contributed by atoms with E-state index in [1.54, 1.807) is 29.8 Å². The maximum atomic E-state index is 11.4. The molecule has 5 rings (SSSR count). The molecule has 1 aliphatic rings. The van der Waals surface area contributed by atoms with E-state index in [0.29, 0.717) is 33.6 Å². The van der Waals surface area contributed by atoms with E-state index in [-0.39, 0.29) is 5.69 Å². The van der Waals surface area contributed by atoms with Crippen molar-refractivity contribution in [2.75, 3.05) is 5.32 Å². The molecule has 0 spiro atoms. The summed E-state index contributed by atoms with van der Waals surface area (Å²) in [6.45, 7) is 1.80. The van der Waals surface area contributed by atoms with E-state index >= 15 is 0 Å². The number of rotatable bonds is 2. The molecule has 0 saturated carbocycles. The molecule has 29 heavy (non-hydrogen) atoms. The summed E-state index contributed by atoms with van der Waals surface area (Å²) in [4.78, 5) is 21.4. The third kappa shape index (κ3) is 2.56. The van der Waals surface area contributed by atoms with Gasteiger partial charge in [0.1, 0.15) is 6.07 Å². The molecule has 0 saturated heterocycles. The number of nitrogens with one attached hydrogen (secondary N) is 3. The van der Waals surface area contributed by atoms with Crippen LogP contribution in [0.5, 0.6) is 0 Å². The summed E-state index contributed by atoms with van der Waals surface area (Å²) in [5.41, 5.74) is 4.98. The van der Waals surface area contributed by atoms with Crippen molar-refractivity contribution < 1.29 is 5.11 Å². The van der Waals surface area contributed by atoms with Crippen molar-refractivity contribution in [1.29, 1.82) is 5.26 Å². The lowest BCUT2D eigenvalue weighted by Gasteiger charge is -2.25. The number of allylic oxidation sites excluding steroid dienone is 1. The molecule has 1 atom stereocenters. The highest BCUT2D eigenvalue weighted by Crippen LogP contribution is 2.38. The molecular weight excluding hydrogens is 368 g/mol. The molecule has 4 N–H and O–H groups in total. The molecule has 8 nitrogen and oxygen atoms in total. The summed E-state index contributed by atoms with van der Waals surface area (Å²) < 4.78 is 1.67. The van der Waals surface area contributed by atoms with Crippen LogP contribution in [0.25, 0.3) is 27.6 Å². The molecular formula is C21H16N6O2. The SMILES string of the molecule is CC1=C(C#N)c2nc3ccccc3n2[C@H](O)C1=CNc1ccc2[nH]c(=O)[nH]c2c1. The van der Waals surface area contributed by atoms with E-state index in [9.17, 15) is 15.2 Å². The fourth-order valence-electron chi connectivity index (χ4n) is 3.71. The Hall–Kier alpha value is -4.09. The van der Waals surface area contributed by atoms with Crippen molar-refractivity contribution in [3.8, 4) is 6.07 Å². The number of hydrogen-bond donors (Lipinski definition) is 4. The average molecular weight is 384 g/mol. The molecule has 8 heteroatoms. The largest absolute Gasteiger partial charge is 0.369 e. The number of para-hydroxylation sites is 2. The Labute approximate surface area is 164 Å². The second-order valence-electron chi connectivity index (χ2n) is 6.86. The summed E-state index contributed by atoms with van der Waals surface area (Å²) in [7, 11) is 0. The summed E-state index contributed by atoms with van der Waals surface area (Å²) in [5.74, 6) is 0.460. The molecule has 142 valence electrons. The molecule has 4 aromatic rings. The van der Waals surface area contributed by atoms with Gasteiger partial charge in [-0.05, 0) is 42.8 Å². The van der Waals surface area contributed by atoms with Crippen molar-refractivity contribution in [2.45, 2.75) is 13.2 Å². The van der Waals surface area contributed by atoms with Crippen molar-refractivity contribution in [1.82, 2.24) is 19.5 Å². The van der Waals surface area contributed by atoms with Crippen LogP contribution in [-0.4, -0.2) is 24.6 Å². The number of aromatic amines is 2. The van der Waals surface area contributed by atoms with Crippen LogP contribution >= 0.6 is 0 Å². The van der Waals surface area contributed by atoms with E-state index in [2.05, 4.69) is 26.3 Å². The number of anilines is 1. The topological polar surface area (TPSA) is 123 Å². The molecule has 0 unspecified atom stereocenters. The molecule has 2 aromatic carbocycles. The van der Waals surface area contributed by atoms with Gasteiger partial charge in [0, 0.05) is 17.5 Å². The fourth-order valence-corrected chi connectivity index (χ4v) is 3.71. The van der Waals surface area contributed by atoms with Crippen LogP contribution in [-0.2, 0) is 0 Å². The molecule has 0 fully saturated rings. The van der Waals surface area contributed by atoms with E-state index in [1.807, 2.05) is 30.3 Å². The maximum absolute atomic E-state index is 11.4. The van der Waals surface area contributed by atoms with E-state index < -0.39 is 6.23 Å². The lowest BCUT2D eigenvalue weighted by Crippen LogP contribution is -2.20. The first kappa shape index (κ1) is 17.0. The minimum atomic E-state index is -0.988. The van der Waals surface area contributed by atoms with Gasteiger partial charge in [-0.2, -0.15) is 5.26 Å². The predicted molar refractivity (Wildman–Crippen MR) is 110 cm³/mol. The third-order valence-corrected chi connectivity index (χ3v) is 5.17. The zero-order valence-corrected chi connectivity index (χ0v) is 15.4. The smallest absolute Gasteiger partial charge is 0.323 e. The highest BCUT2D eigenvalue weighted by atomic mass is 16.3. The lowest BCUT2D eigenvalue weighted by molar-refractivity contribution is 0.145. The lowest BCUT2D eigenvalue weighted by atomic mass is 9.97. The van der Waals surface area contributed by atoms with Gasteiger partial charge < -0.3 is 20.4 Å². The standard InChI is InChI=1S/C21H16N6O2/c1-11-13(9-22)19-24-16-4-2-3-5-18(16)27(19)20(28)14(11)10-23-12-6-7-15-17(8-12)26-21(29)25-15/h2-8,10,20,23,28H,1H3,(H2,25,26,29)/t20-/m1/s1. The van der Waals surface area contributed by atoms with E-state index in [1.165, 1.54) is 0 Å². The van der Waals surface area contributed by atoms with Crippen molar-refractivity contribution in [3.63, 3.8) is 0 Å². The Morgan fingerprint density at radius 3 is 2.86 bits per heavy atom. The molecule has 1 aliphatic heterocycles. The highest BCUT2D eigenvalue weighted by molar-refractivity contribution is 5.88. The van der Waals surface area contributed by atoms with Crippen LogP contribution in [0, 0.1) is 11.3 Å². The first-order chi connectivity index (χ1) is 14.1. The Balaban J connectivity index is 1.60. The average Bonchev–Trinajstić information content (AvgIpc) is 3.27. The van der Waals surface area contributed by atoms with Gasteiger partial charge in [0.25, 0.3) is 0 Å². The minimum Gasteiger partial charge on any atom is -0.369 e. The second-order valence-corrected chi connectivity index (χ2v) is 6.86. The van der Waals surface area contributed by atoms with Gasteiger partial charge in [-0.15, -0.1) is 0 Å². The number of nitriles is 1. The highest BCUT2D eigenvalue weighted by Gasteiger charge is 2.30. The first-order valence-corrected chi connectivity index (χ1v) is 9.02. The number of benzene rings is 2. The molecule has 0 radical (unpaired) electrons. The second kappa shape index (κ2) is 6.22. The zero-order valence-electron chi connectivity index (χ0n) is 15.4. The number of H-pyrrole nitrogens is 2. The van der Waals surface area contributed by atoms with Crippen LogP contribution in [0.4, 0.5) is 5.69 Å². The van der Waals surface area contributed by atoms with Gasteiger partial charge in [-0.3, -0.25) is 4.57 Å². The van der Waals surface area contributed by atoms with Crippen LogP contribution < -0.4 is 11.0 Å². The van der Waals surface area contributed by atoms with E-state index in [0.717, 1.165) is 16.7 Å². The van der Waals surface area contributed by atoms with Gasteiger partial charge in [-0.1, -0.05) is 12.1 Å². The number of nitrogens with zero attached hydrogens (tertiary/aromatic N) is 3. The molecule has 2 aromatic heterocycles. The Morgan fingerprint density at radius 2 is 2.03 bits per heavy atom. The summed E-state index contributed by atoms with van der Waals surface area (Å²) in [6, 6.07) is 15.1. The minimum absolute atomic E-state index is 0.268. The molecule has 0 bridgehead atoms. The molecule has 0 amide bonds. The molecule has 3 heterocycles. The Bertz CT molecular complexity index is 1440. The van der Waals surface area contributed by atoms with Crippen LogP contribution in [0.2, 0.25) is 0 Å². The maximum Gasteiger partial charge on any atom is 0.323 e. The quantitative estimate of drug-likeness (QED) is 0.423. The van der Waals surface area contributed by atoms with Gasteiger partial charge in [0.2, 0.25) is 0 Å². The summed E-state index contributed by atoms with van der Waals surface area (Å²) in [6.07, 6.45) is 0.693. The van der Waals surface area contributed by atoms with Crippen LogP contribution in [0.15, 0.2) is 64.6 Å². The Kier molecular flexibility index (Phi) is 3.66. The predicted octanol–water partition coefficient (Wildman–Crippen LogP) is 3.00.